The van der Waals surface area contributed by atoms with Crippen molar-refractivity contribution in [3.05, 3.63) is 0 Å². The van der Waals surface area contributed by atoms with Gasteiger partial charge in [0.05, 0.1) is 0 Å². The van der Waals surface area contributed by atoms with Gasteiger partial charge in [0.25, 0.3) is 0 Å². The zero-order chi connectivity index (χ0) is 23.3. The minimum absolute atomic E-state index is 0. The quantitative estimate of drug-likeness (QED) is 0.277. The summed E-state index contributed by atoms with van der Waals surface area (Å²) in [5.41, 5.74) is -0.274. The van der Waals surface area contributed by atoms with Crippen LogP contribution in [-0.4, -0.2) is 114 Å². The smallest absolute Gasteiger partial charge is 1.00 e. The van der Waals surface area contributed by atoms with Gasteiger partial charge in [-0.1, -0.05) is 56.4 Å². The van der Waals surface area contributed by atoms with E-state index in [1.54, 1.807) is 11.8 Å². The maximum atomic E-state index is 11.4. The van der Waals surface area contributed by atoms with Crippen molar-refractivity contribution in [2.24, 2.45) is 10.8 Å². The summed E-state index contributed by atoms with van der Waals surface area (Å²) < 4.78 is 10.7. The SMILES string of the molecule is C.C.CC(C)(C)C=O.CSCCC(O)C(=O)O.CSCCC1OC(C(C)(C)C)OC1=O.O.[Ca+2].[H-].[H-]. The molecule has 1 aliphatic heterocycles. The standard InChI is InChI=1S/C10H18O3S.C5H10O3S.C5H10O.2CH4.Ca.H2O.2H/c1-10(2,3)9-12-7(5-6-14-4)8(11)13-9;1-9-3-2-4(6)5(7)8;1-5(2,3)4-6;;;;;;/h7,9H,5-6H2,1-4H3;4,6H,2-3H2,1H3,(H,7,8);4H,1-3H3;2*1H4;;1H2;;/q;;;;;+2;;2*-1. The molecule has 0 aromatic heterocycles. The number of carbonyl (C=O) groups excluding carboxylic acids is 2. The summed E-state index contributed by atoms with van der Waals surface area (Å²) in [7, 11) is 0. The fourth-order valence-electron chi connectivity index (χ4n) is 1.56. The zero-order valence-corrected chi connectivity index (χ0v) is 23.9. The molecule has 0 aromatic carbocycles. The second kappa shape index (κ2) is 24.2. The van der Waals surface area contributed by atoms with Gasteiger partial charge in [0.1, 0.15) is 6.29 Å². The van der Waals surface area contributed by atoms with Crippen molar-refractivity contribution in [1.82, 2.24) is 0 Å². The van der Waals surface area contributed by atoms with Gasteiger partial charge in [-0.3, -0.25) is 0 Å². The van der Waals surface area contributed by atoms with Crippen LogP contribution in [0.15, 0.2) is 0 Å². The van der Waals surface area contributed by atoms with Crippen molar-refractivity contribution in [2.45, 2.75) is 87.7 Å². The van der Waals surface area contributed by atoms with Crippen LogP contribution in [0.1, 0.15) is 72.1 Å². The van der Waals surface area contributed by atoms with Crippen molar-refractivity contribution in [3.63, 3.8) is 0 Å². The molecule has 33 heavy (non-hydrogen) atoms. The Balaban J connectivity index is -0.0000000516. The number of carbonyl (C=O) groups is 3. The van der Waals surface area contributed by atoms with Crippen LogP contribution >= 0.6 is 23.5 Å². The van der Waals surface area contributed by atoms with Crippen molar-refractivity contribution in [2.75, 3.05) is 24.0 Å². The Morgan fingerprint density at radius 3 is 1.82 bits per heavy atom. The van der Waals surface area contributed by atoms with Crippen molar-refractivity contribution < 1.29 is 42.4 Å². The average molecular weight is 547 g/mol. The van der Waals surface area contributed by atoms with Crippen molar-refractivity contribution in [3.8, 4) is 0 Å². The number of hydrogen-bond acceptors (Lipinski definition) is 8. The number of hydrogen-bond donors (Lipinski definition) is 2. The first kappa shape index (κ1) is 46.7. The molecule has 1 saturated heterocycles. The number of rotatable bonds is 7. The summed E-state index contributed by atoms with van der Waals surface area (Å²) in [4.78, 5) is 31.2. The predicted molar refractivity (Wildman–Crippen MR) is 144 cm³/mol. The molecule has 0 bridgehead atoms. The third kappa shape index (κ3) is 26.9. The Hall–Kier alpha value is 0.450. The number of thioether (sulfide) groups is 2. The molecule has 0 spiro atoms. The summed E-state index contributed by atoms with van der Waals surface area (Å²) in [5, 5.41) is 16.8. The molecule has 1 aliphatic rings. The van der Waals surface area contributed by atoms with Crippen LogP contribution in [0.4, 0.5) is 0 Å². The summed E-state index contributed by atoms with van der Waals surface area (Å²) in [6, 6.07) is 0. The topological polar surface area (TPSA) is 142 Å². The Kier molecular flexibility index (Phi) is 34.2. The van der Waals surface area contributed by atoms with Crippen LogP contribution in [0.3, 0.4) is 0 Å². The second-order valence-corrected chi connectivity index (χ2v) is 10.6. The molecular weight excluding hydrogens is 496 g/mol. The molecule has 3 atom stereocenters. The molecule has 0 aromatic rings. The van der Waals surface area contributed by atoms with Crippen LogP contribution in [0, 0.1) is 10.8 Å². The van der Waals surface area contributed by atoms with Gasteiger partial charge < -0.3 is 32.8 Å². The third-order valence-corrected chi connectivity index (χ3v) is 4.59. The number of carboxylic acid groups (broad SMARTS) is 1. The molecule has 11 heteroatoms. The number of aldehydes is 1. The van der Waals surface area contributed by atoms with Crippen molar-refractivity contribution >= 4 is 79.5 Å². The van der Waals surface area contributed by atoms with E-state index in [0.717, 1.165) is 18.5 Å². The largest absolute Gasteiger partial charge is 2.00 e. The van der Waals surface area contributed by atoms with E-state index >= 15 is 0 Å². The monoisotopic (exact) mass is 546 g/mol. The van der Waals surface area contributed by atoms with E-state index in [2.05, 4.69) is 0 Å². The Labute approximate surface area is 243 Å². The predicted octanol–water partition coefficient (Wildman–Crippen LogP) is 3.76. The van der Waals surface area contributed by atoms with E-state index < -0.39 is 12.1 Å². The third-order valence-electron chi connectivity index (χ3n) is 3.30. The number of carboxylic acids is 1. The van der Waals surface area contributed by atoms with Gasteiger partial charge in [0.15, 0.2) is 12.2 Å². The molecule has 0 aliphatic carbocycles. The molecular formula is C22H50CaO8S2. The van der Waals surface area contributed by atoms with E-state index in [9.17, 15) is 14.4 Å². The number of ether oxygens (including phenoxy) is 2. The zero-order valence-electron chi connectivity index (χ0n) is 22.1. The fourth-order valence-corrected chi connectivity index (χ4v) is 2.47. The molecule has 1 rings (SSSR count). The van der Waals surface area contributed by atoms with Gasteiger partial charge in [-0.05, 0) is 36.9 Å². The molecule has 4 N–H and O–H groups in total. The summed E-state index contributed by atoms with van der Waals surface area (Å²) >= 11 is 3.24. The normalized spacial score (nSPS) is 17.4. The van der Waals surface area contributed by atoms with E-state index in [0.29, 0.717) is 12.2 Å². The Morgan fingerprint density at radius 2 is 1.55 bits per heavy atom. The molecule has 1 heterocycles. The van der Waals surface area contributed by atoms with Gasteiger partial charge in [0.2, 0.25) is 6.29 Å². The second-order valence-electron chi connectivity index (χ2n) is 8.66. The number of aliphatic carboxylic acids is 1. The number of aliphatic hydroxyl groups is 1. The number of cyclic esters (lactones) is 1. The molecule has 3 unspecified atom stereocenters. The molecule has 1 fully saturated rings. The van der Waals surface area contributed by atoms with Gasteiger partial charge in [-0.25, -0.2) is 9.59 Å². The maximum Gasteiger partial charge on any atom is 2.00 e. The fraction of sp³-hybridized carbons (Fsp3) is 0.864. The first-order valence-electron chi connectivity index (χ1n) is 9.40. The van der Waals surface area contributed by atoms with E-state index in [4.69, 9.17) is 19.7 Å². The maximum absolute atomic E-state index is 11.4. The van der Waals surface area contributed by atoms with Crippen LogP contribution in [-0.2, 0) is 23.9 Å². The van der Waals surface area contributed by atoms with E-state index in [-0.39, 0.29) is 90.1 Å². The van der Waals surface area contributed by atoms with Crippen molar-refractivity contribution in [1.29, 1.82) is 0 Å². The first-order chi connectivity index (χ1) is 13.2. The van der Waals surface area contributed by atoms with Crippen LogP contribution in [0.2, 0.25) is 0 Å². The van der Waals surface area contributed by atoms with Gasteiger partial charge >= 0.3 is 49.7 Å². The van der Waals surface area contributed by atoms with Crippen LogP contribution in [0.5, 0.6) is 0 Å². The number of esters is 1. The molecule has 8 nitrogen and oxygen atoms in total. The summed E-state index contributed by atoms with van der Waals surface area (Å²) in [6.45, 7) is 11.6. The summed E-state index contributed by atoms with van der Waals surface area (Å²) in [5.74, 6) is 0.271. The Morgan fingerprint density at radius 1 is 1.12 bits per heavy atom. The average Bonchev–Trinajstić information content (AvgIpc) is 2.99. The first-order valence-corrected chi connectivity index (χ1v) is 12.2. The summed E-state index contributed by atoms with van der Waals surface area (Å²) in [6.07, 6.45) is 3.97. The van der Waals surface area contributed by atoms with E-state index in [1.165, 1.54) is 11.8 Å². The van der Waals surface area contributed by atoms with Crippen LogP contribution in [0.25, 0.3) is 0 Å². The van der Waals surface area contributed by atoms with E-state index in [1.807, 2.05) is 54.1 Å². The minimum Gasteiger partial charge on any atom is -1.00 e. The minimum atomic E-state index is -1.18. The van der Waals surface area contributed by atoms with Gasteiger partial charge in [-0.15, -0.1) is 0 Å². The molecule has 0 amide bonds. The Bertz CT molecular complexity index is 505. The molecule has 0 radical (unpaired) electrons. The molecule has 0 saturated carbocycles. The van der Waals surface area contributed by atoms with Crippen LogP contribution < -0.4 is 0 Å². The number of aliphatic hydroxyl groups excluding tert-OH is 1. The van der Waals surface area contributed by atoms with Gasteiger partial charge in [0, 0.05) is 10.8 Å². The van der Waals surface area contributed by atoms with Gasteiger partial charge in [-0.2, -0.15) is 23.5 Å². The molecule has 200 valence electrons.